The number of alkyl halides is 1. The van der Waals surface area contributed by atoms with Crippen LogP contribution in [0.25, 0.3) is 0 Å². The summed E-state index contributed by atoms with van der Waals surface area (Å²) in [5, 5.41) is 10.1. The van der Waals surface area contributed by atoms with Crippen LogP contribution in [0, 0.1) is 5.92 Å². The lowest BCUT2D eigenvalue weighted by atomic mass is 10.1. The minimum absolute atomic E-state index is 0.0208. The molecule has 0 aliphatic carbocycles. The second-order valence-electron chi connectivity index (χ2n) is 3.32. The van der Waals surface area contributed by atoms with Gasteiger partial charge in [-0.3, -0.25) is 19.7 Å². The van der Waals surface area contributed by atoms with Gasteiger partial charge in [-0.05, 0) is 17.7 Å². The zero-order chi connectivity index (χ0) is 12.9. The highest BCUT2D eigenvalue weighted by atomic mass is 79.9. The van der Waals surface area contributed by atoms with Crippen LogP contribution in [0.5, 0.6) is 0 Å². The van der Waals surface area contributed by atoms with Crippen LogP contribution in [0.15, 0.2) is 0 Å². The summed E-state index contributed by atoms with van der Waals surface area (Å²) in [6, 6.07) is -0.713. The molecule has 2 amide bonds. The molecule has 4 N–H and O–H groups in total. The largest absolute Gasteiger partial charge is 0.480 e. The molecular weight excluding hydrogens is 300 g/mol. The summed E-state index contributed by atoms with van der Waals surface area (Å²) in [6.45, 7) is 3.55. The SMILES string of the molecule is CC(C)[C@H](N)C(=O)O.O=C1NC(=O)C(Br)S1. The van der Waals surface area contributed by atoms with Crippen LogP contribution < -0.4 is 11.1 Å². The van der Waals surface area contributed by atoms with Crippen molar-refractivity contribution in [2.45, 2.75) is 24.0 Å². The molecule has 0 saturated carbocycles. The van der Waals surface area contributed by atoms with E-state index in [0.717, 1.165) is 11.8 Å². The zero-order valence-electron chi connectivity index (χ0n) is 8.77. The molecule has 0 aromatic rings. The molecule has 16 heavy (non-hydrogen) atoms. The van der Waals surface area contributed by atoms with Gasteiger partial charge in [0.2, 0.25) is 0 Å². The average Bonchev–Trinajstić information content (AvgIpc) is 2.43. The first-order chi connectivity index (χ1) is 7.25. The fourth-order valence-corrected chi connectivity index (χ4v) is 1.76. The first kappa shape index (κ1) is 15.4. The molecule has 1 fully saturated rings. The standard InChI is InChI=1S/C5H11NO2.C3H2BrNO2S/c1-3(2)4(6)5(7)8;4-1-2(6)5-3(7)8-1/h3-4H,6H2,1-2H3,(H,7,8);1H,(H,5,6,7)/t4-;/m0./s1. The summed E-state index contributed by atoms with van der Waals surface area (Å²) >= 11 is 3.92. The highest BCUT2D eigenvalue weighted by molar-refractivity contribution is 9.12. The van der Waals surface area contributed by atoms with Gasteiger partial charge in [-0.2, -0.15) is 0 Å². The van der Waals surface area contributed by atoms with E-state index in [1.54, 1.807) is 13.8 Å². The van der Waals surface area contributed by atoms with Gasteiger partial charge in [-0.25, -0.2) is 0 Å². The molecule has 8 heteroatoms. The molecule has 0 radical (unpaired) electrons. The van der Waals surface area contributed by atoms with E-state index in [-0.39, 0.29) is 21.2 Å². The van der Waals surface area contributed by atoms with Gasteiger partial charge in [-0.1, -0.05) is 29.8 Å². The summed E-state index contributed by atoms with van der Waals surface area (Å²) in [7, 11) is 0. The Morgan fingerprint density at radius 1 is 1.56 bits per heavy atom. The Kier molecular flexibility index (Phi) is 6.61. The molecule has 0 bridgehead atoms. The first-order valence-electron chi connectivity index (χ1n) is 4.39. The van der Waals surface area contributed by atoms with Gasteiger partial charge < -0.3 is 10.8 Å². The maximum atomic E-state index is 10.4. The molecular formula is C8H13BrN2O4S. The van der Waals surface area contributed by atoms with Crippen molar-refractivity contribution < 1.29 is 19.5 Å². The summed E-state index contributed by atoms with van der Waals surface area (Å²) in [5.74, 6) is -1.17. The minimum atomic E-state index is -0.931. The Morgan fingerprint density at radius 2 is 2.06 bits per heavy atom. The van der Waals surface area contributed by atoms with Crippen molar-refractivity contribution >= 4 is 44.8 Å². The van der Waals surface area contributed by atoms with E-state index < -0.39 is 12.0 Å². The molecule has 2 atom stereocenters. The van der Waals surface area contributed by atoms with E-state index in [0.29, 0.717) is 0 Å². The third-order valence-electron chi connectivity index (χ3n) is 1.65. The lowest BCUT2D eigenvalue weighted by Gasteiger charge is -2.07. The van der Waals surface area contributed by atoms with Gasteiger partial charge in [0.1, 0.15) is 10.2 Å². The van der Waals surface area contributed by atoms with E-state index in [1.165, 1.54) is 0 Å². The van der Waals surface area contributed by atoms with Gasteiger partial charge in [0.25, 0.3) is 11.1 Å². The number of hydrogen-bond donors (Lipinski definition) is 3. The predicted molar refractivity (Wildman–Crippen MR) is 64.3 cm³/mol. The van der Waals surface area contributed by atoms with E-state index in [9.17, 15) is 14.4 Å². The van der Waals surface area contributed by atoms with Crippen molar-refractivity contribution in [2.24, 2.45) is 11.7 Å². The Hall–Kier alpha value is -0.600. The third-order valence-corrected chi connectivity index (χ3v) is 3.36. The summed E-state index contributed by atoms with van der Waals surface area (Å²) in [6.07, 6.45) is 0. The van der Waals surface area contributed by atoms with Crippen molar-refractivity contribution in [3.05, 3.63) is 0 Å². The lowest BCUT2D eigenvalue weighted by Crippen LogP contribution is -2.34. The predicted octanol–water partition coefficient (Wildman–Crippen LogP) is 0.745. The fraction of sp³-hybridized carbons (Fsp3) is 0.625. The number of thioether (sulfide) groups is 1. The van der Waals surface area contributed by atoms with Crippen LogP contribution in [0.2, 0.25) is 0 Å². The van der Waals surface area contributed by atoms with E-state index >= 15 is 0 Å². The zero-order valence-corrected chi connectivity index (χ0v) is 11.2. The summed E-state index contributed by atoms with van der Waals surface area (Å²) in [4.78, 5) is 30.7. The van der Waals surface area contributed by atoms with Crippen LogP contribution in [0.4, 0.5) is 4.79 Å². The van der Waals surface area contributed by atoms with Crippen molar-refractivity contribution in [2.75, 3.05) is 0 Å². The Bertz CT molecular complexity index is 298. The molecule has 1 aliphatic rings. The summed E-state index contributed by atoms with van der Waals surface area (Å²) < 4.78 is -0.380. The number of carboxylic acids is 1. The second-order valence-corrected chi connectivity index (χ2v) is 5.92. The number of rotatable bonds is 2. The third kappa shape index (κ3) is 5.47. The maximum Gasteiger partial charge on any atom is 0.320 e. The first-order valence-corrected chi connectivity index (χ1v) is 6.19. The molecule has 1 aliphatic heterocycles. The van der Waals surface area contributed by atoms with Crippen LogP contribution in [-0.4, -0.2) is 32.4 Å². The van der Waals surface area contributed by atoms with E-state index in [2.05, 4.69) is 21.2 Å². The average molecular weight is 313 g/mol. The van der Waals surface area contributed by atoms with Crippen LogP contribution >= 0.6 is 27.7 Å². The smallest absolute Gasteiger partial charge is 0.320 e. The Morgan fingerprint density at radius 3 is 2.12 bits per heavy atom. The quantitative estimate of drug-likeness (QED) is 0.649. The Labute approximate surface area is 105 Å². The highest BCUT2D eigenvalue weighted by Crippen LogP contribution is 2.23. The number of carboxylic acid groups (broad SMARTS) is 1. The second kappa shape index (κ2) is 6.87. The highest BCUT2D eigenvalue weighted by Gasteiger charge is 2.28. The van der Waals surface area contributed by atoms with Crippen molar-refractivity contribution in [3.8, 4) is 0 Å². The van der Waals surface area contributed by atoms with Gasteiger partial charge >= 0.3 is 5.97 Å². The van der Waals surface area contributed by atoms with Gasteiger partial charge in [0.05, 0.1) is 0 Å². The number of nitrogens with two attached hydrogens (primary N) is 1. The molecule has 1 heterocycles. The summed E-state index contributed by atoms with van der Waals surface area (Å²) in [5.41, 5.74) is 5.16. The number of carbonyl (C=O) groups is 3. The monoisotopic (exact) mass is 312 g/mol. The topological polar surface area (TPSA) is 109 Å². The number of imide groups is 1. The van der Waals surface area contributed by atoms with E-state index in [1.807, 2.05) is 0 Å². The van der Waals surface area contributed by atoms with Gasteiger partial charge in [-0.15, -0.1) is 0 Å². The van der Waals surface area contributed by atoms with Gasteiger partial charge in [0, 0.05) is 0 Å². The number of carbonyl (C=O) groups excluding carboxylic acids is 2. The lowest BCUT2D eigenvalue weighted by molar-refractivity contribution is -0.139. The minimum Gasteiger partial charge on any atom is -0.480 e. The van der Waals surface area contributed by atoms with Crippen LogP contribution in [0.3, 0.4) is 0 Å². The molecule has 92 valence electrons. The maximum absolute atomic E-state index is 10.4. The van der Waals surface area contributed by atoms with Crippen LogP contribution in [0.1, 0.15) is 13.8 Å². The fourth-order valence-electron chi connectivity index (χ4n) is 0.619. The number of aliphatic carboxylic acids is 1. The molecule has 1 rings (SSSR count). The number of hydrogen-bond acceptors (Lipinski definition) is 5. The molecule has 6 nitrogen and oxygen atoms in total. The molecule has 1 saturated heterocycles. The normalized spacial score (nSPS) is 21.2. The van der Waals surface area contributed by atoms with Gasteiger partial charge in [0.15, 0.2) is 0 Å². The number of amides is 2. The number of nitrogens with one attached hydrogen (secondary N) is 1. The van der Waals surface area contributed by atoms with Crippen molar-refractivity contribution in [1.29, 1.82) is 0 Å². The number of halogens is 1. The van der Waals surface area contributed by atoms with E-state index in [4.69, 9.17) is 10.8 Å². The Balaban J connectivity index is 0.000000281. The van der Waals surface area contributed by atoms with Crippen molar-refractivity contribution in [1.82, 2.24) is 5.32 Å². The molecule has 0 aromatic carbocycles. The molecule has 0 spiro atoms. The van der Waals surface area contributed by atoms with Crippen LogP contribution in [-0.2, 0) is 9.59 Å². The molecule has 1 unspecified atom stereocenters. The van der Waals surface area contributed by atoms with Crippen molar-refractivity contribution in [3.63, 3.8) is 0 Å². The molecule has 0 aromatic heterocycles.